The highest BCUT2D eigenvalue weighted by molar-refractivity contribution is 5.79. The van der Waals surface area contributed by atoms with E-state index < -0.39 is 0 Å². The van der Waals surface area contributed by atoms with Crippen molar-refractivity contribution >= 4 is 5.91 Å². The number of rotatable bonds is 8. The molecule has 1 aliphatic carbocycles. The van der Waals surface area contributed by atoms with E-state index in [-0.39, 0.29) is 11.9 Å². The lowest BCUT2D eigenvalue weighted by atomic mass is 10.0. The molecule has 1 fully saturated rings. The van der Waals surface area contributed by atoms with E-state index in [0.29, 0.717) is 18.3 Å². The molecule has 1 saturated carbocycles. The minimum atomic E-state index is 0.0676. The molecule has 1 aromatic heterocycles. The van der Waals surface area contributed by atoms with Gasteiger partial charge in [-0.3, -0.25) is 9.48 Å². The number of aryl methyl sites for hydroxylation is 1. The molecule has 27 heavy (non-hydrogen) atoms. The summed E-state index contributed by atoms with van der Waals surface area (Å²) in [7, 11) is 1.67. The fraction of sp³-hybridized carbons (Fsp3) is 0.545. The van der Waals surface area contributed by atoms with E-state index in [1.54, 1.807) is 7.11 Å². The number of nitrogens with zero attached hydrogens (tertiary/aromatic N) is 2. The van der Waals surface area contributed by atoms with Crippen molar-refractivity contribution in [1.82, 2.24) is 15.1 Å². The molecule has 146 valence electrons. The highest BCUT2D eigenvalue weighted by Gasteiger charge is 2.33. The number of nitrogens with one attached hydrogen (secondary N) is 1. The summed E-state index contributed by atoms with van der Waals surface area (Å²) in [6.45, 7) is 9.29. The van der Waals surface area contributed by atoms with Gasteiger partial charge in [0, 0.05) is 17.8 Å². The quantitative estimate of drug-likeness (QED) is 0.766. The van der Waals surface area contributed by atoms with Gasteiger partial charge in [0.05, 0.1) is 25.3 Å². The van der Waals surface area contributed by atoms with Gasteiger partial charge in [-0.15, -0.1) is 0 Å². The maximum Gasteiger partial charge on any atom is 0.225 e. The van der Waals surface area contributed by atoms with E-state index in [9.17, 15) is 4.79 Å². The third-order valence-electron chi connectivity index (χ3n) is 5.29. The number of benzene rings is 1. The molecule has 0 spiro atoms. The van der Waals surface area contributed by atoms with Gasteiger partial charge in [0.2, 0.25) is 5.91 Å². The van der Waals surface area contributed by atoms with Gasteiger partial charge in [0.1, 0.15) is 5.75 Å². The van der Waals surface area contributed by atoms with Crippen molar-refractivity contribution in [1.29, 1.82) is 0 Å². The van der Waals surface area contributed by atoms with E-state index in [0.717, 1.165) is 34.8 Å². The summed E-state index contributed by atoms with van der Waals surface area (Å²) in [5, 5.41) is 7.90. The number of hydrogen-bond donors (Lipinski definition) is 1. The lowest BCUT2D eigenvalue weighted by Crippen LogP contribution is -2.31. The van der Waals surface area contributed by atoms with Crippen LogP contribution in [0.15, 0.2) is 24.3 Å². The second-order valence-electron chi connectivity index (χ2n) is 8.06. The second kappa shape index (κ2) is 8.15. The largest absolute Gasteiger partial charge is 0.497 e. The summed E-state index contributed by atoms with van der Waals surface area (Å²) < 4.78 is 7.28. The predicted octanol–water partition coefficient (Wildman–Crippen LogP) is 3.97. The molecule has 5 heteroatoms. The zero-order valence-electron chi connectivity index (χ0n) is 17.1. The van der Waals surface area contributed by atoms with Gasteiger partial charge in [-0.1, -0.05) is 26.0 Å². The fourth-order valence-corrected chi connectivity index (χ4v) is 3.61. The molecule has 1 heterocycles. The van der Waals surface area contributed by atoms with E-state index in [4.69, 9.17) is 4.74 Å². The van der Waals surface area contributed by atoms with Crippen molar-refractivity contribution in [3.63, 3.8) is 0 Å². The van der Waals surface area contributed by atoms with Crippen LogP contribution in [0, 0.1) is 25.7 Å². The Balaban J connectivity index is 1.71. The van der Waals surface area contributed by atoms with Gasteiger partial charge >= 0.3 is 0 Å². The summed E-state index contributed by atoms with van der Waals surface area (Å²) in [5.41, 5.74) is 4.26. The zero-order valence-corrected chi connectivity index (χ0v) is 17.1. The number of carbonyl (C=O) groups excluding carboxylic acids is 1. The summed E-state index contributed by atoms with van der Waals surface area (Å²) >= 11 is 0. The smallest absolute Gasteiger partial charge is 0.225 e. The Morgan fingerprint density at radius 1 is 1.26 bits per heavy atom. The van der Waals surface area contributed by atoms with E-state index in [1.165, 1.54) is 12.8 Å². The number of hydrogen-bond acceptors (Lipinski definition) is 3. The van der Waals surface area contributed by atoms with Gasteiger partial charge in [-0.25, -0.2) is 0 Å². The Kier molecular flexibility index (Phi) is 5.88. The Morgan fingerprint density at radius 2 is 1.93 bits per heavy atom. The molecule has 1 N–H and O–H groups in total. The first kappa shape index (κ1) is 19.5. The molecule has 1 amide bonds. The topological polar surface area (TPSA) is 56.1 Å². The van der Waals surface area contributed by atoms with Crippen LogP contribution in [0.5, 0.6) is 5.75 Å². The molecule has 1 atom stereocenters. The molecule has 1 aromatic carbocycles. The Morgan fingerprint density at radius 3 is 2.48 bits per heavy atom. The molecule has 1 aliphatic rings. The molecular formula is C22H31N3O2. The number of aromatic nitrogens is 2. The molecule has 2 aromatic rings. The number of methoxy groups -OCH3 is 1. The van der Waals surface area contributed by atoms with Crippen molar-refractivity contribution in [2.24, 2.45) is 11.8 Å². The molecular weight excluding hydrogens is 338 g/mol. The van der Waals surface area contributed by atoms with Crippen LogP contribution in [-0.4, -0.2) is 22.8 Å². The molecule has 5 nitrogen and oxygen atoms in total. The van der Waals surface area contributed by atoms with Crippen molar-refractivity contribution in [2.75, 3.05) is 7.11 Å². The Hall–Kier alpha value is -2.30. The maximum atomic E-state index is 12.8. The van der Waals surface area contributed by atoms with Crippen LogP contribution in [-0.2, 0) is 17.8 Å². The average molecular weight is 370 g/mol. The third kappa shape index (κ3) is 4.71. The third-order valence-corrected chi connectivity index (χ3v) is 5.29. The van der Waals surface area contributed by atoms with Gasteiger partial charge in [0.15, 0.2) is 0 Å². The number of amides is 1. The standard InChI is InChI=1S/C22H31N3O2/c1-14(2)13-25-16(4)20(15(3)24-25)12-21(26)23-22(17-6-7-17)18-8-10-19(27-5)11-9-18/h8-11,14,17,22H,6-7,12-13H2,1-5H3,(H,23,26)/t22-/m1/s1. The molecule has 0 aliphatic heterocycles. The van der Waals surface area contributed by atoms with Crippen LogP contribution in [0.3, 0.4) is 0 Å². The fourth-order valence-electron chi connectivity index (χ4n) is 3.61. The molecule has 0 unspecified atom stereocenters. The Bertz CT molecular complexity index is 789. The highest BCUT2D eigenvalue weighted by atomic mass is 16.5. The van der Waals surface area contributed by atoms with Gasteiger partial charge < -0.3 is 10.1 Å². The van der Waals surface area contributed by atoms with E-state index in [1.807, 2.05) is 23.7 Å². The normalized spacial score (nSPS) is 15.0. The van der Waals surface area contributed by atoms with Crippen molar-refractivity contribution in [3.8, 4) is 5.75 Å². The predicted molar refractivity (Wildman–Crippen MR) is 107 cm³/mol. The second-order valence-corrected chi connectivity index (χ2v) is 8.06. The zero-order chi connectivity index (χ0) is 19.6. The van der Waals surface area contributed by atoms with E-state index in [2.05, 4.69) is 43.3 Å². The monoisotopic (exact) mass is 369 g/mol. The minimum absolute atomic E-state index is 0.0676. The van der Waals surface area contributed by atoms with Crippen molar-refractivity contribution in [3.05, 3.63) is 46.8 Å². The average Bonchev–Trinajstić information content (AvgIpc) is 3.44. The summed E-state index contributed by atoms with van der Waals surface area (Å²) in [5.74, 6) is 1.97. The van der Waals surface area contributed by atoms with Crippen LogP contribution >= 0.6 is 0 Å². The molecule has 0 saturated heterocycles. The summed E-state index contributed by atoms with van der Waals surface area (Å²) in [6, 6.07) is 8.11. The maximum absolute atomic E-state index is 12.8. The SMILES string of the molecule is COc1ccc([C@H](NC(=O)Cc2c(C)nn(CC(C)C)c2C)C2CC2)cc1. The molecule has 3 rings (SSSR count). The van der Waals surface area contributed by atoms with Crippen LogP contribution in [0.4, 0.5) is 0 Å². The van der Waals surface area contributed by atoms with E-state index >= 15 is 0 Å². The Labute approximate surface area is 162 Å². The van der Waals surface area contributed by atoms with Crippen LogP contribution in [0.1, 0.15) is 55.2 Å². The van der Waals surface area contributed by atoms with Crippen LogP contribution in [0.2, 0.25) is 0 Å². The lowest BCUT2D eigenvalue weighted by molar-refractivity contribution is -0.121. The number of ether oxygens (including phenoxy) is 1. The van der Waals surface area contributed by atoms with Crippen molar-refractivity contribution in [2.45, 2.75) is 59.5 Å². The first-order valence-electron chi connectivity index (χ1n) is 9.85. The number of carbonyl (C=O) groups is 1. The van der Waals surface area contributed by atoms with Gasteiger partial charge in [-0.05, 0) is 56.2 Å². The lowest BCUT2D eigenvalue weighted by Gasteiger charge is -2.19. The van der Waals surface area contributed by atoms with Gasteiger partial charge in [-0.2, -0.15) is 5.10 Å². The first-order chi connectivity index (χ1) is 12.9. The molecule has 0 bridgehead atoms. The van der Waals surface area contributed by atoms with Gasteiger partial charge in [0.25, 0.3) is 0 Å². The highest BCUT2D eigenvalue weighted by Crippen LogP contribution is 2.41. The van der Waals surface area contributed by atoms with Crippen molar-refractivity contribution < 1.29 is 9.53 Å². The summed E-state index contributed by atoms with van der Waals surface area (Å²) in [6.07, 6.45) is 2.72. The van der Waals surface area contributed by atoms with Crippen LogP contribution < -0.4 is 10.1 Å². The van der Waals surface area contributed by atoms with Crippen LogP contribution in [0.25, 0.3) is 0 Å². The molecule has 0 radical (unpaired) electrons. The summed E-state index contributed by atoms with van der Waals surface area (Å²) in [4.78, 5) is 12.8. The minimum Gasteiger partial charge on any atom is -0.497 e. The first-order valence-corrected chi connectivity index (χ1v) is 9.85.